The molecule has 0 atom stereocenters. The summed E-state index contributed by atoms with van der Waals surface area (Å²) in [5, 5.41) is 6.85. The number of aryl methyl sites for hydroxylation is 1. The molecule has 2 aromatic rings. The van der Waals surface area contributed by atoms with Crippen molar-refractivity contribution in [3.05, 3.63) is 41.6 Å². The molecule has 3 heteroatoms. The first-order valence-corrected chi connectivity index (χ1v) is 4.81. The number of benzene rings is 1. The molecule has 0 bridgehead atoms. The number of aromatic amines is 1. The molecule has 1 aromatic carbocycles. The molecule has 15 heavy (non-hydrogen) atoms. The van der Waals surface area contributed by atoms with E-state index in [4.69, 9.17) is 0 Å². The number of nitrogens with one attached hydrogen (secondary N) is 1. The molecule has 0 amide bonds. The Balaban J connectivity index is 2.46. The van der Waals surface area contributed by atoms with Gasteiger partial charge in [0.1, 0.15) is 5.69 Å². The number of hydrogen-bond donors (Lipinski definition) is 1. The summed E-state index contributed by atoms with van der Waals surface area (Å²) in [7, 11) is 0. The first-order valence-electron chi connectivity index (χ1n) is 4.81. The van der Waals surface area contributed by atoms with Crippen LogP contribution in [0.3, 0.4) is 0 Å². The van der Waals surface area contributed by atoms with E-state index in [0.29, 0.717) is 5.69 Å². The molecule has 0 unspecified atom stereocenters. The molecule has 76 valence electrons. The third-order valence-corrected chi connectivity index (χ3v) is 2.38. The molecule has 0 saturated carbocycles. The number of rotatable bonds is 2. The van der Waals surface area contributed by atoms with Crippen molar-refractivity contribution in [2.45, 2.75) is 13.8 Å². The maximum atomic E-state index is 11.1. The van der Waals surface area contributed by atoms with Crippen LogP contribution >= 0.6 is 0 Å². The Hall–Kier alpha value is -1.90. The van der Waals surface area contributed by atoms with E-state index in [1.165, 1.54) is 6.92 Å². The van der Waals surface area contributed by atoms with Crippen LogP contribution in [0.1, 0.15) is 23.0 Å². The SMILES string of the molecule is CC(=O)c1cc(-c2ccccc2C)n[nH]1. The number of hydrogen-bond acceptors (Lipinski definition) is 2. The van der Waals surface area contributed by atoms with Gasteiger partial charge in [-0.25, -0.2) is 0 Å². The van der Waals surface area contributed by atoms with Crippen molar-refractivity contribution in [2.24, 2.45) is 0 Å². The minimum atomic E-state index is 0.00216. The minimum absolute atomic E-state index is 0.00216. The van der Waals surface area contributed by atoms with E-state index < -0.39 is 0 Å². The number of nitrogens with zero attached hydrogens (tertiary/aromatic N) is 1. The minimum Gasteiger partial charge on any atom is -0.293 e. The van der Waals surface area contributed by atoms with Crippen LogP contribution in [-0.2, 0) is 0 Å². The number of H-pyrrole nitrogens is 1. The fraction of sp³-hybridized carbons (Fsp3) is 0.167. The van der Waals surface area contributed by atoms with E-state index in [9.17, 15) is 4.79 Å². The molecule has 1 heterocycles. The third kappa shape index (κ3) is 1.81. The summed E-state index contributed by atoms with van der Waals surface area (Å²) in [6.07, 6.45) is 0. The molecule has 0 fully saturated rings. The Kier molecular flexibility index (Phi) is 2.37. The van der Waals surface area contributed by atoms with E-state index in [-0.39, 0.29) is 5.78 Å². The van der Waals surface area contributed by atoms with E-state index in [1.807, 2.05) is 31.2 Å². The molecular formula is C12H12N2O. The highest BCUT2D eigenvalue weighted by molar-refractivity contribution is 5.93. The lowest BCUT2D eigenvalue weighted by Crippen LogP contribution is -1.90. The standard InChI is InChI=1S/C12H12N2O/c1-8-5-3-4-6-10(8)12-7-11(9(2)15)13-14-12/h3-7H,1-2H3,(H,13,14). The van der Waals surface area contributed by atoms with Gasteiger partial charge in [-0.2, -0.15) is 5.10 Å². The van der Waals surface area contributed by atoms with Crippen molar-refractivity contribution in [1.29, 1.82) is 0 Å². The highest BCUT2D eigenvalue weighted by Crippen LogP contribution is 2.21. The van der Waals surface area contributed by atoms with Crippen LogP contribution in [0.4, 0.5) is 0 Å². The van der Waals surface area contributed by atoms with Gasteiger partial charge in [0.25, 0.3) is 0 Å². The molecule has 0 radical (unpaired) electrons. The Morgan fingerprint density at radius 1 is 1.33 bits per heavy atom. The van der Waals surface area contributed by atoms with E-state index in [0.717, 1.165) is 16.8 Å². The largest absolute Gasteiger partial charge is 0.293 e. The van der Waals surface area contributed by atoms with E-state index >= 15 is 0 Å². The normalized spacial score (nSPS) is 10.3. The zero-order chi connectivity index (χ0) is 10.8. The summed E-state index contributed by atoms with van der Waals surface area (Å²) in [5.74, 6) is 0.00216. The van der Waals surface area contributed by atoms with Gasteiger partial charge in [0, 0.05) is 12.5 Å². The molecule has 0 aliphatic rings. The van der Waals surface area contributed by atoms with Crippen molar-refractivity contribution in [1.82, 2.24) is 10.2 Å². The lowest BCUT2D eigenvalue weighted by atomic mass is 10.1. The Labute approximate surface area is 88.1 Å². The van der Waals surface area contributed by atoms with Gasteiger partial charge < -0.3 is 0 Å². The van der Waals surface area contributed by atoms with Crippen LogP contribution in [0.2, 0.25) is 0 Å². The molecule has 3 nitrogen and oxygen atoms in total. The number of carbonyl (C=O) groups is 1. The van der Waals surface area contributed by atoms with Crippen LogP contribution in [-0.4, -0.2) is 16.0 Å². The van der Waals surface area contributed by atoms with Gasteiger partial charge in [-0.3, -0.25) is 9.89 Å². The second kappa shape index (κ2) is 3.69. The van der Waals surface area contributed by atoms with Crippen molar-refractivity contribution in [3.63, 3.8) is 0 Å². The maximum absolute atomic E-state index is 11.1. The van der Waals surface area contributed by atoms with Gasteiger partial charge in [-0.05, 0) is 18.6 Å². The van der Waals surface area contributed by atoms with Crippen LogP contribution in [0.15, 0.2) is 30.3 Å². The fourth-order valence-corrected chi connectivity index (χ4v) is 1.50. The van der Waals surface area contributed by atoms with Crippen molar-refractivity contribution >= 4 is 5.78 Å². The number of Topliss-reactive ketones (excluding diaryl/α,β-unsaturated/α-hetero) is 1. The van der Waals surface area contributed by atoms with Gasteiger partial charge in [-0.1, -0.05) is 24.3 Å². The molecule has 0 spiro atoms. The smallest absolute Gasteiger partial charge is 0.177 e. The number of carbonyl (C=O) groups excluding carboxylic acids is 1. The quantitative estimate of drug-likeness (QED) is 0.757. The van der Waals surface area contributed by atoms with Crippen molar-refractivity contribution in [2.75, 3.05) is 0 Å². The summed E-state index contributed by atoms with van der Waals surface area (Å²) < 4.78 is 0. The van der Waals surface area contributed by atoms with Gasteiger partial charge in [0.15, 0.2) is 5.78 Å². The Bertz CT molecular complexity index is 500. The molecule has 0 saturated heterocycles. The predicted molar refractivity (Wildman–Crippen MR) is 58.8 cm³/mol. The van der Waals surface area contributed by atoms with Gasteiger partial charge in [-0.15, -0.1) is 0 Å². The Morgan fingerprint density at radius 3 is 2.67 bits per heavy atom. The molecule has 0 aliphatic heterocycles. The molecule has 0 aliphatic carbocycles. The summed E-state index contributed by atoms with van der Waals surface area (Å²) in [6.45, 7) is 3.55. The van der Waals surface area contributed by atoms with Crippen molar-refractivity contribution in [3.8, 4) is 11.3 Å². The fourth-order valence-electron chi connectivity index (χ4n) is 1.50. The lowest BCUT2D eigenvalue weighted by molar-refractivity contribution is 0.101. The van der Waals surface area contributed by atoms with Gasteiger partial charge in [0.05, 0.1) is 5.69 Å². The zero-order valence-corrected chi connectivity index (χ0v) is 8.74. The Morgan fingerprint density at radius 2 is 2.07 bits per heavy atom. The van der Waals surface area contributed by atoms with Gasteiger partial charge in [0.2, 0.25) is 0 Å². The van der Waals surface area contributed by atoms with Gasteiger partial charge >= 0.3 is 0 Å². The maximum Gasteiger partial charge on any atom is 0.177 e. The lowest BCUT2D eigenvalue weighted by Gasteiger charge is -1.99. The average Bonchev–Trinajstić information content (AvgIpc) is 2.67. The van der Waals surface area contributed by atoms with Crippen LogP contribution < -0.4 is 0 Å². The highest BCUT2D eigenvalue weighted by atomic mass is 16.1. The molecule has 1 aromatic heterocycles. The van der Waals surface area contributed by atoms with Crippen LogP contribution in [0.25, 0.3) is 11.3 Å². The second-order valence-electron chi connectivity index (χ2n) is 3.54. The van der Waals surface area contributed by atoms with E-state index in [2.05, 4.69) is 10.2 Å². The first-order chi connectivity index (χ1) is 7.18. The first kappa shape index (κ1) is 9.65. The number of ketones is 1. The molecule has 2 rings (SSSR count). The average molecular weight is 200 g/mol. The third-order valence-electron chi connectivity index (χ3n) is 2.38. The second-order valence-corrected chi connectivity index (χ2v) is 3.54. The van der Waals surface area contributed by atoms with Crippen molar-refractivity contribution < 1.29 is 4.79 Å². The molecule has 1 N–H and O–H groups in total. The van der Waals surface area contributed by atoms with Crippen LogP contribution in [0.5, 0.6) is 0 Å². The highest BCUT2D eigenvalue weighted by Gasteiger charge is 2.08. The van der Waals surface area contributed by atoms with Crippen LogP contribution in [0, 0.1) is 6.92 Å². The topological polar surface area (TPSA) is 45.8 Å². The zero-order valence-electron chi connectivity index (χ0n) is 8.74. The van der Waals surface area contributed by atoms with E-state index in [1.54, 1.807) is 6.07 Å². The predicted octanol–water partition coefficient (Wildman–Crippen LogP) is 2.59. The monoisotopic (exact) mass is 200 g/mol. The molecular weight excluding hydrogens is 188 g/mol. The summed E-state index contributed by atoms with van der Waals surface area (Å²) in [6, 6.07) is 9.75. The summed E-state index contributed by atoms with van der Waals surface area (Å²) in [4.78, 5) is 11.1. The summed E-state index contributed by atoms with van der Waals surface area (Å²) >= 11 is 0. The number of aromatic nitrogens is 2. The summed E-state index contributed by atoms with van der Waals surface area (Å²) in [5.41, 5.74) is 3.58.